The van der Waals surface area contributed by atoms with Gasteiger partial charge in [0.05, 0.1) is 0 Å². The maximum Gasteiger partial charge on any atom is 0.339 e. The predicted molar refractivity (Wildman–Crippen MR) is 89.6 cm³/mol. The van der Waals surface area contributed by atoms with E-state index in [4.69, 9.17) is 9.84 Å². The Bertz CT molecular complexity index is 793. The van der Waals surface area contributed by atoms with Crippen LogP contribution in [0.5, 0.6) is 5.75 Å². The summed E-state index contributed by atoms with van der Waals surface area (Å²) in [5.41, 5.74) is 3.47. The molecule has 0 radical (unpaired) electrons. The van der Waals surface area contributed by atoms with E-state index in [1.165, 1.54) is 6.07 Å². The molecule has 0 spiro atoms. The van der Waals surface area contributed by atoms with E-state index in [9.17, 15) is 4.79 Å². The Morgan fingerprint density at radius 3 is 2.09 bits per heavy atom. The van der Waals surface area contributed by atoms with Crippen molar-refractivity contribution in [2.24, 2.45) is 0 Å². The van der Waals surface area contributed by atoms with E-state index in [2.05, 4.69) is 12.1 Å². The number of ether oxygens (including phenoxy) is 1. The van der Waals surface area contributed by atoms with E-state index in [0.29, 0.717) is 12.4 Å². The number of benzene rings is 3. The van der Waals surface area contributed by atoms with Crippen molar-refractivity contribution >= 4 is 5.97 Å². The number of rotatable bonds is 5. The molecule has 3 aromatic carbocycles. The van der Waals surface area contributed by atoms with Crippen LogP contribution in [0.3, 0.4) is 0 Å². The van der Waals surface area contributed by atoms with E-state index in [-0.39, 0.29) is 5.56 Å². The van der Waals surface area contributed by atoms with Gasteiger partial charge in [-0.25, -0.2) is 4.79 Å². The standard InChI is InChI=1S/C20H16O3/c21-20(22)18-8-4-5-9-19(18)23-14-15-10-12-17(13-11-15)16-6-2-1-3-7-16/h1-13H,14H2,(H,21,22). The van der Waals surface area contributed by atoms with Crippen molar-refractivity contribution in [3.05, 3.63) is 90.0 Å². The molecule has 0 heterocycles. The van der Waals surface area contributed by atoms with Crippen molar-refractivity contribution in [1.29, 1.82) is 0 Å². The Balaban J connectivity index is 1.71. The molecular weight excluding hydrogens is 288 g/mol. The molecule has 3 nitrogen and oxygen atoms in total. The number of carbonyl (C=O) groups is 1. The highest BCUT2D eigenvalue weighted by Gasteiger charge is 2.10. The van der Waals surface area contributed by atoms with Gasteiger partial charge < -0.3 is 9.84 Å². The lowest BCUT2D eigenvalue weighted by Crippen LogP contribution is -2.03. The topological polar surface area (TPSA) is 46.5 Å². The third-order valence-electron chi connectivity index (χ3n) is 3.57. The van der Waals surface area contributed by atoms with Crippen molar-refractivity contribution in [2.75, 3.05) is 0 Å². The maximum absolute atomic E-state index is 11.2. The van der Waals surface area contributed by atoms with Crippen molar-refractivity contribution in [3.8, 4) is 16.9 Å². The highest BCUT2D eigenvalue weighted by Crippen LogP contribution is 2.22. The van der Waals surface area contributed by atoms with Crippen molar-refractivity contribution in [3.63, 3.8) is 0 Å². The summed E-state index contributed by atoms with van der Waals surface area (Å²) in [5, 5.41) is 9.15. The Hall–Kier alpha value is -3.07. The molecular formula is C20H16O3. The van der Waals surface area contributed by atoms with E-state index in [1.807, 2.05) is 42.5 Å². The number of para-hydroxylation sites is 1. The SMILES string of the molecule is O=C(O)c1ccccc1OCc1ccc(-c2ccccc2)cc1. The number of hydrogen-bond acceptors (Lipinski definition) is 2. The molecule has 0 fully saturated rings. The van der Waals surface area contributed by atoms with Crippen LogP contribution < -0.4 is 4.74 Å². The lowest BCUT2D eigenvalue weighted by molar-refractivity contribution is 0.0692. The first-order chi connectivity index (χ1) is 11.2. The normalized spacial score (nSPS) is 10.3. The fraction of sp³-hybridized carbons (Fsp3) is 0.0500. The van der Waals surface area contributed by atoms with Gasteiger partial charge in [-0.2, -0.15) is 0 Å². The average molecular weight is 304 g/mol. The van der Waals surface area contributed by atoms with Crippen LogP contribution >= 0.6 is 0 Å². The number of hydrogen-bond donors (Lipinski definition) is 1. The lowest BCUT2D eigenvalue weighted by Gasteiger charge is -2.09. The van der Waals surface area contributed by atoms with Crippen LogP contribution in [0.1, 0.15) is 15.9 Å². The van der Waals surface area contributed by atoms with Gasteiger partial charge in [0.25, 0.3) is 0 Å². The molecule has 0 bridgehead atoms. The third-order valence-corrected chi connectivity index (χ3v) is 3.57. The molecule has 1 N–H and O–H groups in total. The van der Waals surface area contributed by atoms with E-state index in [0.717, 1.165) is 16.7 Å². The average Bonchev–Trinajstić information content (AvgIpc) is 2.61. The van der Waals surface area contributed by atoms with Gasteiger partial charge in [0.15, 0.2) is 0 Å². The molecule has 0 aliphatic carbocycles. The first kappa shape index (κ1) is 14.9. The Morgan fingerprint density at radius 1 is 0.783 bits per heavy atom. The zero-order valence-corrected chi connectivity index (χ0v) is 12.5. The van der Waals surface area contributed by atoms with Crippen LogP contribution in [0.4, 0.5) is 0 Å². The predicted octanol–water partition coefficient (Wildman–Crippen LogP) is 4.63. The van der Waals surface area contributed by atoms with E-state index >= 15 is 0 Å². The number of aromatic carboxylic acids is 1. The fourth-order valence-electron chi connectivity index (χ4n) is 2.35. The molecule has 23 heavy (non-hydrogen) atoms. The summed E-state index contributed by atoms with van der Waals surface area (Å²) < 4.78 is 5.65. The molecule has 3 rings (SSSR count). The lowest BCUT2D eigenvalue weighted by atomic mass is 10.0. The smallest absolute Gasteiger partial charge is 0.339 e. The molecule has 114 valence electrons. The molecule has 0 atom stereocenters. The van der Waals surface area contributed by atoms with Crippen LogP contribution in [0.15, 0.2) is 78.9 Å². The van der Waals surface area contributed by atoms with Gasteiger partial charge >= 0.3 is 5.97 Å². The Labute approximate surface area is 134 Å². The summed E-state index contributed by atoms with van der Waals surface area (Å²) in [6, 6.07) is 24.9. The Morgan fingerprint density at radius 2 is 1.39 bits per heavy atom. The minimum atomic E-state index is -0.986. The van der Waals surface area contributed by atoms with Crippen molar-refractivity contribution in [2.45, 2.75) is 6.61 Å². The molecule has 0 saturated heterocycles. The second kappa shape index (κ2) is 6.79. The van der Waals surface area contributed by atoms with Crippen molar-refractivity contribution in [1.82, 2.24) is 0 Å². The van der Waals surface area contributed by atoms with E-state index < -0.39 is 5.97 Å². The Kier molecular flexibility index (Phi) is 4.39. The van der Waals surface area contributed by atoms with Crippen LogP contribution in [-0.2, 0) is 6.61 Å². The van der Waals surface area contributed by atoms with Gasteiger partial charge in [-0.3, -0.25) is 0 Å². The van der Waals surface area contributed by atoms with Crippen LogP contribution in [-0.4, -0.2) is 11.1 Å². The second-order valence-corrected chi connectivity index (χ2v) is 5.15. The minimum absolute atomic E-state index is 0.174. The highest BCUT2D eigenvalue weighted by molar-refractivity contribution is 5.90. The number of carboxylic acid groups (broad SMARTS) is 1. The first-order valence-electron chi connectivity index (χ1n) is 7.33. The molecule has 0 aliphatic heterocycles. The zero-order chi connectivity index (χ0) is 16.1. The van der Waals surface area contributed by atoms with Gasteiger partial charge in [-0.15, -0.1) is 0 Å². The summed E-state index contributed by atoms with van der Waals surface area (Å²) in [6.45, 7) is 0.333. The largest absolute Gasteiger partial charge is 0.488 e. The molecule has 3 aromatic rings. The summed E-state index contributed by atoms with van der Waals surface area (Å²) in [7, 11) is 0. The molecule has 0 unspecified atom stereocenters. The minimum Gasteiger partial charge on any atom is -0.488 e. The van der Waals surface area contributed by atoms with Gasteiger partial charge in [0.1, 0.15) is 17.9 Å². The molecule has 0 aliphatic rings. The molecule has 0 amide bonds. The summed E-state index contributed by atoms with van der Waals surface area (Å²) in [5.74, 6) is -0.604. The van der Waals surface area contributed by atoms with Crippen molar-refractivity contribution < 1.29 is 14.6 Å². The van der Waals surface area contributed by atoms with Gasteiger partial charge in [-0.05, 0) is 28.8 Å². The quantitative estimate of drug-likeness (QED) is 0.747. The van der Waals surface area contributed by atoms with Gasteiger partial charge in [0.2, 0.25) is 0 Å². The second-order valence-electron chi connectivity index (χ2n) is 5.15. The first-order valence-corrected chi connectivity index (χ1v) is 7.33. The van der Waals surface area contributed by atoms with Gasteiger partial charge in [0, 0.05) is 0 Å². The zero-order valence-electron chi connectivity index (χ0n) is 12.5. The monoisotopic (exact) mass is 304 g/mol. The van der Waals surface area contributed by atoms with E-state index in [1.54, 1.807) is 18.2 Å². The highest BCUT2D eigenvalue weighted by atomic mass is 16.5. The van der Waals surface area contributed by atoms with Crippen LogP contribution in [0.25, 0.3) is 11.1 Å². The summed E-state index contributed by atoms with van der Waals surface area (Å²) >= 11 is 0. The van der Waals surface area contributed by atoms with Crippen LogP contribution in [0, 0.1) is 0 Å². The van der Waals surface area contributed by atoms with Crippen LogP contribution in [0.2, 0.25) is 0 Å². The third kappa shape index (κ3) is 3.58. The fourth-order valence-corrected chi connectivity index (χ4v) is 2.35. The summed E-state index contributed by atoms with van der Waals surface area (Å²) in [6.07, 6.45) is 0. The molecule has 0 saturated carbocycles. The van der Waals surface area contributed by atoms with Gasteiger partial charge in [-0.1, -0.05) is 66.7 Å². The maximum atomic E-state index is 11.2. The molecule has 3 heteroatoms. The summed E-state index contributed by atoms with van der Waals surface area (Å²) in [4.78, 5) is 11.2. The molecule has 0 aromatic heterocycles. The number of carboxylic acids is 1.